The molecule has 52 heavy (non-hydrogen) atoms. The van der Waals surface area contributed by atoms with Crippen LogP contribution in [0.25, 0.3) is 28.3 Å². The monoisotopic (exact) mass is 681 g/mol. The highest BCUT2D eigenvalue weighted by molar-refractivity contribution is 7.15. The summed E-state index contributed by atoms with van der Waals surface area (Å²) in [6.07, 6.45) is 2.33. The zero-order valence-electron chi connectivity index (χ0n) is 29.0. The summed E-state index contributed by atoms with van der Waals surface area (Å²) in [5, 5.41) is 4.12. The van der Waals surface area contributed by atoms with Crippen LogP contribution in [0, 0.1) is 0 Å². The van der Waals surface area contributed by atoms with Gasteiger partial charge in [-0.2, -0.15) is 0 Å². The summed E-state index contributed by atoms with van der Waals surface area (Å²) in [5.41, 5.74) is 11.8. The highest BCUT2D eigenvalue weighted by Crippen LogP contribution is 2.37. The van der Waals surface area contributed by atoms with Gasteiger partial charge < -0.3 is 4.90 Å². The van der Waals surface area contributed by atoms with Gasteiger partial charge in [-0.3, -0.25) is 0 Å². The quantitative estimate of drug-likeness (QED) is 0.103. The smallest absolute Gasteiger partial charge is 0.172 e. The minimum absolute atomic E-state index is 1.11. The van der Waals surface area contributed by atoms with Crippen LogP contribution in [0.3, 0.4) is 0 Å². The lowest BCUT2D eigenvalue weighted by Crippen LogP contribution is -2.66. The van der Waals surface area contributed by atoms with Gasteiger partial charge in [0.15, 0.2) is 8.07 Å². The Morgan fingerprint density at radius 3 is 1.21 bits per heavy atom. The van der Waals surface area contributed by atoms with Crippen molar-refractivity contribution in [1.82, 2.24) is 0 Å². The van der Waals surface area contributed by atoms with Gasteiger partial charge >= 0.3 is 0 Å². The Hall–Kier alpha value is -6.48. The Morgan fingerprint density at radius 1 is 0.308 bits per heavy atom. The standard InChI is InChI=1S/C50H39NSi/c1-6-17-41(18-7-1)44-19-16-22-47(39-44)51(45-20-8-2-9-21-45)46-35-33-43(34-36-46)42-31-29-40(30-32-42)37-38-52(48-23-10-3-11-24-48,49-25-12-4-13-26-49)50-27-14-5-15-28-50/h1-39H/b38-37+. The van der Waals surface area contributed by atoms with Gasteiger partial charge in [0.1, 0.15) is 0 Å². The van der Waals surface area contributed by atoms with E-state index in [0.29, 0.717) is 0 Å². The molecular weight excluding hydrogens is 643 g/mol. The summed E-state index contributed by atoms with van der Waals surface area (Å²) < 4.78 is 0. The molecule has 0 aliphatic rings. The Morgan fingerprint density at radius 2 is 0.692 bits per heavy atom. The largest absolute Gasteiger partial charge is 0.310 e. The zero-order valence-corrected chi connectivity index (χ0v) is 30.0. The molecule has 0 saturated carbocycles. The maximum absolute atomic E-state index is 2.50. The first-order chi connectivity index (χ1) is 25.8. The predicted octanol–water partition coefficient (Wildman–Crippen LogP) is 11.2. The molecule has 8 rings (SSSR count). The van der Waals surface area contributed by atoms with Crippen LogP contribution in [0.4, 0.5) is 17.1 Å². The first-order valence-corrected chi connectivity index (χ1v) is 19.9. The van der Waals surface area contributed by atoms with Crippen molar-refractivity contribution < 1.29 is 0 Å². The predicted molar refractivity (Wildman–Crippen MR) is 225 cm³/mol. The first-order valence-electron chi connectivity index (χ1n) is 17.8. The Bertz CT molecular complexity index is 2260. The summed E-state index contributed by atoms with van der Waals surface area (Å²) in [4.78, 5) is 2.33. The van der Waals surface area contributed by atoms with E-state index in [-0.39, 0.29) is 0 Å². The highest BCUT2D eigenvalue weighted by Gasteiger charge is 2.36. The van der Waals surface area contributed by atoms with Crippen LogP contribution < -0.4 is 20.5 Å². The lowest BCUT2D eigenvalue weighted by molar-refractivity contribution is 1.28. The molecule has 0 bridgehead atoms. The van der Waals surface area contributed by atoms with Crippen molar-refractivity contribution in [1.29, 1.82) is 0 Å². The SMILES string of the molecule is C(=C\[Si](c1ccccc1)(c1ccccc1)c1ccccc1)/c1ccc(-c2ccc(N(c3ccccc3)c3cccc(-c4ccccc4)c3)cc2)cc1. The Balaban J connectivity index is 1.10. The van der Waals surface area contributed by atoms with E-state index in [1.54, 1.807) is 0 Å². The van der Waals surface area contributed by atoms with Crippen molar-refractivity contribution in [2.75, 3.05) is 4.90 Å². The van der Waals surface area contributed by atoms with Crippen LogP contribution in [0.1, 0.15) is 5.56 Å². The van der Waals surface area contributed by atoms with E-state index in [1.807, 2.05) is 0 Å². The Kier molecular flexibility index (Phi) is 9.55. The van der Waals surface area contributed by atoms with E-state index in [9.17, 15) is 0 Å². The molecule has 0 fully saturated rings. The van der Waals surface area contributed by atoms with Crippen LogP contribution >= 0.6 is 0 Å². The second-order valence-electron chi connectivity index (χ2n) is 13.0. The average molecular weight is 682 g/mol. The average Bonchev–Trinajstić information content (AvgIpc) is 3.24. The second kappa shape index (κ2) is 15.2. The van der Waals surface area contributed by atoms with Gasteiger partial charge in [-0.15, -0.1) is 0 Å². The van der Waals surface area contributed by atoms with Crippen molar-refractivity contribution in [3.8, 4) is 22.3 Å². The molecule has 0 aliphatic heterocycles. The summed E-state index contributed by atoms with van der Waals surface area (Å²) in [6.45, 7) is 0. The molecule has 0 radical (unpaired) electrons. The third kappa shape index (κ3) is 6.80. The number of hydrogen-bond acceptors (Lipinski definition) is 1. The second-order valence-corrected chi connectivity index (χ2v) is 16.7. The molecule has 2 heteroatoms. The zero-order chi connectivity index (χ0) is 35.0. The molecule has 0 amide bonds. The number of hydrogen-bond donors (Lipinski definition) is 0. The molecule has 0 aliphatic carbocycles. The fourth-order valence-corrected chi connectivity index (χ4v) is 11.4. The molecule has 0 spiro atoms. The third-order valence-electron chi connectivity index (χ3n) is 9.81. The van der Waals surface area contributed by atoms with E-state index >= 15 is 0 Å². The fraction of sp³-hybridized carbons (Fsp3) is 0. The topological polar surface area (TPSA) is 3.24 Å². The van der Waals surface area contributed by atoms with Crippen LogP contribution in [0.2, 0.25) is 0 Å². The van der Waals surface area contributed by atoms with Crippen LogP contribution in [-0.4, -0.2) is 8.07 Å². The minimum Gasteiger partial charge on any atom is -0.310 e. The van der Waals surface area contributed by atoms with Gasteiger partial charge in [-0.1, -0.05) is 200 Å². The fourth-order valence-electron chi connectivity index (χ4n) is 7.18. The Labute approximate surface area is 308 Å². The lowest BCUT2D eigenvalue weighted by atomic mass is 10.0. The molecule has 8 aromatic carbocycles. The van der Waals surface area contributed by atoms with Crippen molar-refractivity contribution >= 4 is 46.8 Å². The normalized spacial score (nSPS) is 11.4. The van der Waals surface area contributed by atoms with Gasteiger partial charge in [0.2, 0.25) is 0 Å². The lowest BCUT2D eigenvalue weighted by Gasteiger charge is -2.30. The summed E-state index contributed by atoms with van der Waals surface area (Å²) in [5.74, 6) is 0. The molecule has 0 atom stereocenters. The first kappa shape index (κ1) is 32.7. The van der Waals surface area contributed by atoms with Gasteiger partial charge in [-0.25, -0.2) is 0 Å². The molecule has 248 valence electrons. The molecule has 1 nitrogen and oxygen atoms in total. The van der Waals surface area contributed by atoms with Gasteiger partial charge in [0.05, 0.1) is 0 Å². The van der Waals surface area contributed by atoms with Gasteiger partial charge in [-0.05, 0) is 79.8 Å². The van der Waals surface area contributed by atoms with Crippen molar-refractivity contribution in [3.05, 3.63) is 236 Å². The summed E-state index contributed by atoms with van der Waals surface area (Å²) >= 11 is 0. The molecule has 0 heterocycles. The van der Waals surface area contributed by atoms with Crippen LogP contribution in [0.15, 0.2) is 230 Å². The molecular formula is C50H39NSi. The molecule has 0 N–H and O–H groups in total. The van der Waals surface area contributed by atoms with Crippen molar-refractivity contribution in [2.45, 2.75) is 0 Å². The number of anilines is 3. The van der Waals surface area contributed by atoms with Crippen LogP contribution in [-0.2, 0) is 0 Å². The molecule has 8 aromatic rings. The van der Waals surface area contributed by atoms with Crippen molar-refractivity contribution in [2.24, 2.45) is 0 Å². The number of para-hydroxylation sites is 1. The molecule has 0 unspecified atom stereocenters. The maximum Gasteiger partial charge on any atom is 0.172 e. The van der Waals surface area contributed by atoms with Crippen molar-refractivity contribution in [3.63, 3.8) is 0 Å². The minimum atomic E-state index is -2.47. The van der Waals surface area contributed by atoms with E-state index in [2.05, 4.69) is 241 Å². The molecule has 0 aromatic heterocycles. The number of benzene rings is 8. The number of nitrogens with zero attached hydrogens (tertiary/aromatic N) is 1. The number of rotatable bonds is 10. The van der Waals surface area contributed by atoms with Crippen LogP contribution in [0.5, 0.6) is 0 Å². The molecule has 0 saturated heterocycles. The van der Waals surface area contributed by atoms with Gasteiger partial charge in [0.25, 0.3) is 0 Å². The van der Waals surface area contributed by atoms with E-state index in [4.69, 9.17) is 0 Å². The highest BCUT2D eigenvalue weighted by atomic mass is 28.3. The summed E-state index contributed by atoms with van der Waals surface area (Å²) in [6, 6.07) is 80.9. The van der Waals surface area contributed by atoms with E-state index in [1.165, 1.54) is 43.4 Å². The van der Waals surface area contributed by atoms with E-state index < -0.39 is 8.07 Å². The van der Waals surface area contributed by atoms with E-state index in [0.717, 1.165) is 17.1 Å². The third-order valence-corrected chi connectivity index (χ3v) is 14.2. The summed E-state index contributed by atoms with van der Waals surface area (Å²) in [7, 11) is -2.47. The van der Waals surface area contributed by atoms with Gasteiger partial charge in [0, 0.05) is 17.1 Å². The maximum atomic E-state index is 2.50.